The first kappa shape index (κ1) is 47.3. The number of carbonyl (C=O) groups is 3. The van der Waals surface area contributed by atoms with E-state index >= 15 is 0 Å². The van der Waals surface area contributed by atoms with Crippen molar-refractivity contribution in [1.29, 1.82) is 0 Å². The second kappa shape index (κ2) is 24.0. The summed E-state index contributed by atoms with van der Waals surface area (Å²) in [6, 6.07) is 7.50. The normalized spacial score (nSPS) is 16.1. The van der Waals surface area contributed by atoms with Crippen molar-refractivity contribution in [2.75, 3.05) is 77.0 Å². The largest absolute Gasteiger partial charge is 0.465 e. The number of hydrogen-bond acceptors (Lipinski definition) is 13. The number of aryl methyl sites for hydroxylation is 1. The summed E-state index contributed by atoms with van der Waals surface area (Å²) in [5.41, 5.74) is 13.4. The predicted octanol–water partition coefficient (Wildman–Crippen LogP) is 0.911. The lowest BCUT2D eigenvalue weighted by Gasteiger charge is -2.35. The lowest BCUT2D eigenvalue weighted by atomic mass is 9.93. The average molecular weight is 824 g/mol. The topological polar surface area (TPSA) is 284 Å². The number of likely N-dealkylation sites (tertiary alicyclic amines) is 1. The van der Waals surface area contributed by atoms with Crippen LogP contribution in [-0.4, -0.2) is 163 Å². The number of nitrogens with zero attached hydrogens (tertiary/aromatic N) is 5. The Balaban J connectivity index is 1.56. The van der Waals surface area contributed by atoms with Crippen LogP contribution in [0.5, 0.6) is 0 Å². The number of hydrogen-bond donors (Lipinski definition) is 10. The number of carbonyl (C=O) groups excluding carboxylic acids is 2. The van der Waals surface area contributed by atoms with E-state index in [1.807, 2.05) is 36.1 Å². The molecule has 1 aromatic carbocycles. The van der Waals surface area contributed by atoms with Gasteiger partial charge in [-0.25, -0.2) is 19.6 Å². The molecule has 0 bridgehead atoms. The van der Waals surface area contributed by atoms with Gasteiger partial charge < -0.3 is 62.5 Å². The summed E-state index contributed by atoms with van der Waals surface area (Å²) < 4.78 is 0. The average Bonchev–Trinajstić information content (AvgIpc) is 3.19. The Morgan fingerprint density at radius 2 is 1.63 bits per heavy atom. The molecule has 57 heavy (non-hydrogen) atoms. The lowest BCUT2D eigenvalue weighted by Crippen LogP contribution is -2.51. The van der Waals surface area contributed by atoms with Crippen LogP contribution >= 0.6 is 11.6 Å². The summed E-state index contributed by atoms with van der Waals surface area (Å²) in [4.78, 5) is 51.5. The lowest BCUT2D eigenvalue weighted by molar-refractivity contribution is -0.119. The van der Waals surface area contributed by atoms with E-state index in [0.29, 0.717) is 45.4 Å². The van der Waals surface area contributed by atoms with Crippen molar-refractivity contribution in [3.63, 3.8) is 0 Å². The molecule has 0 aliphatic carbocycles. The van der Waals surface area contributed by atoms with Crippen LogP contribution in [0.3, 0.4) is 0 Å². The highest BCUT2D eigenvalue weighted by atomic mass is 35.5. The van der Waals surface area contributed by atoms with E-state index in [0.717, 1.165) is 36.8 Å². The van der Waals surface area contributed by atoms with Gasteiger partial charge in [-0.15, -0.1) is 0 Å². The number of anilines is 2. The zero-order valence-electron chi connectivity index (χ0n) is 33.0. The van der Waals surface area contributed by atoms with Gasteiger partial charge in [0.2, 0.25) is 0 Å². The standard InChI is InChI=1S/C38H62ClN9O9/c1-3-4-5-8-14-46(22-28(50)31(52)32(53)29(51)23-49)17-13-42-37(55)47-15-11-25(12-16-47)20-48(38(56)57)21-26(18-27-10-7-6-9-24(27)2)19-43-36(54)30-34(40)45-35(41)33(39)44-30/h6-7,9-10,25-26,28-29,31-32,49-53H,3-5,8,11-23H2,1-2H3,(H,42,55)(H,43,54)(H,56,57)(H4,40,41,45)/t26-,28-,29+,31+,32+/m0/s1. The molecule has 0 spiro atoms. The van der Waals surface area contributed by atoms with Crippen LogP contribution in [0.1, 0.15) is 67.1 Å². The van der Waals surface area contributed by atoms with E-state index < -0.39 is 43.0 Å². The fraction of sp³-hybridized carbons (Fsp3) is 0.658. The molecule has 2 heterocycles. The summed E-state index contributed by atoms with van der Waals surface area (Å²) in [5.74, 6) is -1.22. The third-order valence-electron chi connectivity index (χ3n) is 10.4. The Labute approximate surface area is 339 Å². The number of nitrogens with two attached hydrogens (primary N) is 2. The molecule has 1 aliphatic rings. The molecule has 1 aromatic heterocycles. The van der Waals surface area contributed by atoms with Crippen molar-refractivity contribution >= 4 is 41.3 Å². The minimum absolute atomic E-state index is 0.00271. The van der Waals surface area contributed by atoms with E-state index in [2.05, 4.69) is 27.5 Å². The number of halogens is 1. The second-order valence-electron chi connectivity index (χ2n) is 14.8. The van der Waals surface area contributed by atoms with Gasteiger partial charge in [0.25, 0.3) is 5.91 Å². The zero-order valence-corrected chi connectivity index (χ0v) is 33.7. The van der Waals surface area contributed by atoms with Crippen molar-refractivity contribution < 1.29 is 45.0 Å². The van der Waals surface area contributed by atoms with Gasteiger partial charge in [-0.05, 0) is 62.1 Å². The van der Waals surface area contributed by atoms with Crippen molar-refractivity contribution in [3.8, 4) is 0 Å². The maximum absolute atomic E-state index is 13.1. The maximum Gasteiger partial charge on any atom is 0.407 e. The first-order chi connectivity index (χ1) is 27.1. The minimum Gasteiger partial charge on any atom is -0.465 e. The number of urea groups is 1. The van der Waals surface area contributed by atoms with Gasteiger partial charge in [-0.1, -0.05) is 62.1 Å². The fourth-order valence-corrected chi connectivity index (χ4v) is 7.01. The molecule has 1 saturated heterocycles. The smallest absolute Gasteiger partial charge is 0.407 e. The Bertz CT molecular complexity index is 1570. The highest BCUT2D eigenvalue weighted by molar-refractivity contribution is 6.31. The van der Waals surface area contributed by atoms with Crippen LogP contribution in [0.25, 0.3) is 0 Å². The molecular formula is C38H62ClN9O9. The van der Waals surface area contributed by atoms with E-state index in [9.17, 15) is 39.9 Å². The highest BCUT2D eigenvalue weighted by Gasteiger charge is 2.32. The highest BCUT2D eigenvalue weighted by Crippen LogP contribution is 2.22. The first-order valence-electron chi connectivity index (χ1n) is 19.6. The number of rotatable bonds is 23. The first-order valence-corrected chi connectivity index (χ1v) is 20.0. The summed E-state index contributed by atoms with van der Waals surface area (Å²) >= 11 is 5.97. The molecule has 5 atom stereocenters. The quantitative estimate of drug-likeness (QED) is 0.0698. The van der Waals surface area contributed by atoms with Crippen LogP contribution in [0, 0.1) is 18.8 Å². The number of nitrogen functional groups attached to an aromatic ring is 2. The van der Waals surface area contributed by atoms with E-state index in [4.69, 9.17) is 28.2 Å². The summed E-state index contributed by atoms with van der Waals surface area (Å²) in [6.07, 6.45) is -1.94. The molecule has 0 unspecified atom stereocenters. The van der Waals surface area contributed by atoms with Gasteiger partial charge in [-0.2, -0.15) is 0 Å². The number of amides is 4. The minimum atomic E-state index is -1.72. The molecular weight excluding hydrogens is 762 g/mol. The van der Waals surface area contributed by atoms with Gasteiger partial charge in [-0.3, -0.25) is 9.69 Å². The molecule has 0 saturated carbocycles. The third kappa shape index (κ3) is 15.3. The molecule has 1 fully saturated rings. The van der Waals surface area contributed by atoms with Gasteiger partial charge in [0.05, 0.1) is 12.7 Å². The molecule has 320 valence electrons. The Morgan fingerprint density at radius 3 is 2.28 bits per heavy atom. The Morgan fingerprint density at radius 1 is 0.947 bits per heavy atom. The molecule has 18 nitrogen and oxygen atoms in total. The third-order valence-corrected chi connectivity index (χ3v) is 10.7. The SMILES string of the molecule is CCCCCCN(CCNC(=O)N1CCC(CN(C[C@H](CNC(=O)c2nc(Cl)c(N)nc2N)Cc2ccccc2C)C(=O)O)CC1)C[C@H](O)[C@@H](O)[C@H](O)[C@H](O)CO. The van der Waals surface area contributed by atoms with Crippen molar-refractivity contribution in [2.24, 2.45) is 11.8 Å². The van der Waals surface area contributed by atoms with Gasteiger partial charge >= 0.3 is 12.1 Å². The van der Waals surface area contributed by atoms with Gasteiger partial charge in [0, 0.05) is 52.4 Å². The monoisotopic (exact) mass is 823 g/mol. The summed E-state index contributed by atoms with van der Waals surface area (Å²) in [6.45, 7) is 5.85. The molecule has 1 aliphatic heterocycles. The fourth-order valence-electron chi connectivity index (χ4n) is 6.88. The van der Waals surface area contributed by atoms with Crippen molar-refractivity contribution in [2.45, 2.75) is 83.2 Å². The number of benzene rings is 1. The summed E-state index contributed by atoms with van der Waals surface area (Å²) in [5, 5.41) is 65.5. The molecule has 12 N–H and O–H groups in total. The number of aromatic nitrogens is 2. The number of piperidine rings is 1. The molecule has 19 heteroatoms. The van der Waals surface area contributed by atoms with Gasteiger partial charge in [0.15, 0.2) is 22.5 Å². The van der Waals surface area contributed by atoms with Crippen LogP contribution in [0.15, 0.2) is 24.3 Å². The molecule has 3 rings (SSSR count). The van der Waals surface area contributed by atoms with Crippen LogP contribution in [0.4, 0.5) is 21.2 Å². The molecule has 2 aromatic rings. The molecule has 0 radical (unpaired) electrons. The summed E-state index contributed by atoms with van der Waals surface area (Å²) in [7, 11) is 0. The van der Waals surface area contributed by atoms with Crippen molar-refractivity contribution in [3.05, 3.63) is 46.2 Å². The van der Waals surface area contributed by atoms with Crippen LogP contribution < -0.4 is 22.1 Å². The van der Waals surface area contributed by atoms with Crippen LogP contribution in [-0.2, 0) is 6.42 Å². The number of aliphatic hydroxyl groups is 5. The number of carboxylic acid groups (broad SMARTS) is 1. The number of nitrogens with one attached hydrogen (secondary N) is 2. The number of aliphatic hydroxyl groups excluding tert-OH is 5. The second-order valence-corrected chi connectivity index (χ2v) is 15.2. The van der Waals surface area contributed by atoms with E-state index in [-0.39, 0.29) is 73.1 Å². The zero-order chi connectivity index (χ0) is 42.1. The number of unbranched alkanes of at least 4 members (excludes halogenated alkanes) is 3. The Hall–Kier alpha value is -4.04. The van der Waals surface area contributed by atoms with Crippen molar-refractivity contribution in [1.82, 2.24) is 35.3 Å². The maximum atomic E-state index is 13.1. The van der Waals surface area contributed by atoms with Gasteiger partial charge in [0.1, 0.15) is 18.3 Å². The van der Waals surface area contributed by atoms with E-state index in [1.165, 1.54) is 4.90 Å². The van der Waals surface area contributed by atoms with E-state index in [1.54, 1.807) is 4.90 Å². The van der Waals surface area contributed by atoms with Crippen LogP contribution in [0.2, 0.25) is 5.15 Å². The Kier molecular flexibility index (Phi) is 19.9. The predicted molar refractivity (Wildman–Crippen MR) is 216 cm³/mol. The molecule has 4 amide bonds.